The minimum Gasteiger partial charge on any atom is -0.385 e. The number of fused-ring (bicyclic) bond motifs is 1. The van der Waals surface area contributed by atoms with Crippen LogP contribution in [0.15, 0.2) is 54.7 Å². The molecule has 0 aliphatic carbocycles. The van der Waals surface area contributed by atoms with Crippen LogP contribution in [0.5, 0.6) is 0 Å². The Morgan fingerprint density at radius 1 is 1.10 bits per heavy atom. The van der Waals surface area contributed by atoms with Crippen molar-refractivity contribution in [2.24, 2.45) is 0 Å². The zero-order valence-corrected chi connectivity index (χ0v) is 17.8. The van der Waals surface area contributed by atoms with Gasteiger partial charge in [-0.3, -0.25) is 4.79 Å². The van der Waals surface area contributed by atoms with Crippen molar-refractivity contribution >= 4 is 16.8 Å². The van der Waals surface area contributed by atoms with Crippen LogP contribution in [0.1, 0.15) is 49.3 Å². The lowest BCUT2D eigenvalue weighted by molar-refractivity contribution is -0.121. The number of hydrogen-bond donors (Lipinski definition) is 1. The molecule has 1 N–H and O–H groups in total. The molecule has 1 heterocycles. The molecule has 4 nitrogen and oxygen atoms in total. The van der Waals surface area contributed by atoms with Gasteiger partial charge in [-0.05, 0) is 36.5 Å². The van der Waals surface area contributed by atoms with Crippen LogP contribution in [0.25, 0.3) is 10.9 Å². The van der Waals surface area contributed by atoms with Gasteiger partial charge < -0.3 is 14.6 Å². The highest BCUT2D eigenvalue weighted by Gasteiger charge is 2.23. The van der Waals surface area contributed by atoms with E-state index in [-0.39, 0.29) is 11.8 Å². The average molecular weight is 393 g/mol. The SMILES string of the molecule is CCc1cccc2c(C(CC(=O)NCCCOC)c3ccccc3)cn(CC)c12. The maximum absolute atomic E-state index is 12.7. The third-order valence-electron chi connectivity index (χ3n) is 5.55. The van der Waals surface area contributed by atoms with Crippen molar-refractivity contribution in [3.63, 3.8) is 0 Å². The molecule has 0 aliphatic heterocycles. The molecule has 0 saturated heterocycles. The first-order valence-electron chi connectivity index (χ1n) is 10.6. The van der Waals surface area contributed by atoms with Gasteiger partial charge in [-0.25, -0.2) is 0 Å². The third-order valence-corrected chi connectivity index (χ3v) is 5.55. The Kier molecular flexibility index (Phi) is 7.48. The molecule has 3 aromatic rings. The minimum atomic E-state index is 0.0287. The number of nitrogens with one attached hydrogen (secondary N) is 1. The van der Waals surface area contributed by atoms with E-state index in [0.717, 1.165) is 19.4 Å². The number of hydrogen-bond acceptors (Lipinski definition) is 2. The summed E-state index contributed by atoms with van der Waals surface area (Å²) in [5.41, 5.74) is 5.06. The Balaban J connectivity index is 1.98. The van der Waals surface area contributed by atoms with E-state index in [2.05, 4.69) is 72.4 Å². The van der Waals surface area contributed by atoms with E-state index in [9.17, 15) is 4.79 Å². The summed E-state index contributed by atoms with van der Waals surface area (Å²) < 4.78 is 7.40. The fourth-order valence-corrected chi connectivity index (χ4v) is 4.07. The largest absolute Gasteiger partial charge is 0.385 e. The minimum absolute atomic E-state index is 0.0287. The smallest absolute Gasteiger partial charge is 0.220 e. The summed E-state index contributed by atoms with van der Waals surface area (Å²) in [7, 11) is 1.68. The lowest BCUT2D eigenvalue weighted by atomic mass is 9.87. The van der Waals surface area contributed by atoms with Crippen molar-refractivity contribution in [3.05, 3.63) is 71.4 Å². The molecule has 0 radical (unpaired) electrons. The van der Waals surface area contributed by atoms with Gasteiger partial charge in [0.2, 0.25) is 5.91 Å². The molecule has 2 aromatic carbocycles. The van der Waals surface area contributed by atoms with Crippen LogP contribution in [-0.4, -0.2) is 30.7 Å². The molecule has 29 heavy (non-hydrogen) atoms. The molecule has 0 aliphatic rings. The van der Waals surface area contributed by atoms with Crippen molar-refractivity contribution in [2.45, 2.75) is 45.6 Å². The molecule has 0 saturated carbocycles. The summed E-state index contributed by atoms with van der Waals surface area (Å²) in [5, 5.41) is 4.31. The Hall–Kier alpha value is -2.59. The molecular formula is C25H32N2O2. The van der Waals surface area contributed by atoms with Crippen LogP contribution in [0.2, 0.25) is 0 Å². The number of para-hydroxylation sites is 1. The Labute approximate surface area is 173 Å². The predicted molar refractivity (Wildman–Crippen MR) is 119 cm³/mol. The number of amides is 1. The topological polar surface area (TPSA) is 43.3 Å². The number of aromatic nitrogens is 1. The van der Waals surface area contributed by atoms with Gasteiger partial charge in [0.15, 0.2) is 0 Å². The molecule has 1 aromatic heterocycles. The second-order valence-corrected chi connectivity index (χ2v) is 7.40. The van der Waals surface area contributed by atoms with Gasteiger partial charge in [0.05, 0.1) is 5.52 Å². The van der Waals surface area contributed by atoms with Crippen LogP contribution in [0.4, 0.5) is 0 Å². The highest BCUT2D eigenvalue weighted by atomic mass is 16.5. The third kappa shape index (κ3) is 4.88. The van der Waals surface area contributed by atoms with Gasteiger partial charge >= 0.3 is 0 Å². The summed E-state index contributed by atoms with van der Waals surface area (Å²) in [5.74, 6) is 0.111. The van der Waals surface area contributed by atoms with Crippen LogP contribution in [-0.2, 0) is 22.5 Å². The highest BCUT2D eigenvalue weighted by molar-refractivity contribution is 5.89. The van der Waals surface area contributed by atoms with Gasteiger partial charge in [-0.1, -0.05) is 55.5 Å². The summed E-state index contributed by atoms with van der Waals surface area (Å²) in [6.07, 6.45) is 4.51. The maximum atomic E-state index is 12.7. The van der Waals surface area contributed by atoms with Gasteiger partial charge in [-0.15, -0.1) is 0 Å². The van der Waals surface area contributed by atoms with Crippen molar-refractivity contribution in [1.82, 2.24) is 9.88 Å². The van der Waals surface area contributed by atoms with Crippen molar-refractivity contribution in [3.8, 4) is 0 Å². The Morgan fingerprint density at radius 2 is 1.90 bits per heavy atom. The van der Waals surface area contributed by atoms with Crippen LogP contribution in [0.3, 0.4) is 0 Å². The van der Waals surface area contributed by atoms with Gasteiger partial charge in [-0.2, -0.15) is 0 Å². The van der Waals surface area contributed by atoms with E-state index < -0.39 is 0 Å². The second-order valence-electron chi connectivity index (χ2n) is 7.40. The number of aryl methyl sites for hydroxylation is 2. The first-order valence-corrected chi connectivity index (χ1v) is 10.6. The molecule has 1 amide bonds. The highest BCUT2D eigenvalue weighted by Crippen LogP contribution is 2.36. The lowest BCUT2D eigenvalue weighted by Gasteiger charge is -2.17. The quantitative estimate of drug-likeness (QED) is 0.499. The summed E-state index contributed by atoms with van der Waals surface area (Å²) in [6, 6.07) is 16.9. The molecule has 1 atom stereocenters. The van der Waals surface area contributed by atoms with E-state index in [0.29, 0.717) is 19.6 Å². The van der Waals surface area contributed by atoms with E-state index in [1.54, 1.807) is 7.11 Å². The molecule has 0 bridgehead atoms. The number of methoxy groups -OCH3 is 1. The van der Waals surface area contributed by atoms with Crippen molar-refractivity contribution in [2.75, 3.05) is 20.3 Å². The van der Waals surface area contributed by atoms with E-state index in [4.69, 9.17) is 4.74 Å². The molecule has 0 fully saturated rings. The lowest BCUT2D eigenvalue weighted by Crippen LogP contribution is -2.27. The standard InChI is InChI=1S/C25H32N2O2/c1-4-19-13-9-14-21-23(18-27(5-2)25(19)21)22(20-11-7-6-8-12-20)17-24(28)26-15-10-16-29-3/h6-9,11-14,18,22H,4-5,10,15-17H2,1-3H3,(H,26,28). The average Bonchev–Trinajstić information content (AvgIpc) is 3.14. The molecule has 0 spiro atoms. The number of carbonyl (C=O) groups is 1. The zero-order chi connectivity index (χ0) is 20.6. The maximum Gasteiger partial charge on any atom is 0.220 e. The molecule has 3 rings (SSSR count). The molecular weight excluding hydrogens is 360 g/mol. The molecule has 1 unspecified atom stereocenters. The second kappa shape index (κ2) is 10.3. The first kappa shape index (κ1) is 21.1. The van der Waals surface area contributed by atoms with Crippen LogP contribution in [0, 0.1) is 0 Å². The first-order chi connectivity index (χ1) is 14.2. The van der Waals surface area contributed by atoms with Crippen molar-refractivity contribution < 1.29 is 9.53 Å². The Morgan fingerprint density at radius 3 is 2.59 bits per heavy atom. The monoisotopic (exact) mass is 392 g/mol. The van der Waals surface area contributed by atoms with Gasteiger partial charge in [0.25, 0.3) is 0 Å². The number of ether oxygens (including phenoxy) is 1. The number of carbonyl (C=O) groups excluding carboxylic acids is 1. The number of benzene rings is 2. The fourth-order valence-electron chi connectivity index (χ4n) is 4.07. The predicted octanol–water partition coefficient (Wildman–Crippen LogP) is 4.90. The Bertz CT molecular complexity index is 931. The normalized spacial score (nSPS) is 12.2. The van der Waals surface area contributed by atoms with E-state index in [1.807, 2.05) is 6.07 Å². The summed E-state index contributed by atoms with van der Waals surface area (Å²) in [6.45, 7) is 6.59. The fraction of sp³-hybridized carbons (Fsp3) is 0.400. The van der Waals surface area contributed by atoms with E-state index >= 15 is 0 Å². The zero-order valence-electron chi connectivity index (χ0n) is 17.8. The number of rotatable bonds is 10. The van der Waals surface area contributed by atoms with Crippen LogP contribution >= 0.6 is 0 Å². The van der Waals surface area contributed by atoms with Gasteiger partial charge in [0.1, 0.15) is 0 Å². The van der Waals surface area contributed by atoms with Gasteiger partial charge in [0, 0.05) is 50.7 Å². The molecule has 4 heteroatoms. The van der Waals surface area contributed by atoms with Crippen LogP contribution < -0.4 is 5.32 Å². The molecule has 154 valence electrons. The summed E-state index contributed by atoms with van der Waals surface area (Å²) >= 11 is 0. The van der Waals surface area contributed by atoms with Crippen molar-refractivity contribution in [1.29, 1.82) is 0 Å². The van der Waals surface area contributed by atoms with E-state index in [1.165, 1.54) is 27.6 Å². The number of nitrogens with zero attached hydrogens (tertiary/aromatic N) is 1. The summed E-state index contributed by atoms with van der Waals surface area (Å²) in [4.78, 5) is 12.7.